The minimum atomic E-state index is -1.05. The van der Waals surface area contributed by atoms with Gasteiger partial charge < -0.3 is 25.4 Å². The molecule has 0 saturated carbocycles. The molecule has 1 aliphatic heterocycles. The molecule has 3 rings (SSSR count). The summed E-state index contributed by atoms with van der Waals surface area (Å²) in [5.74, 6) is -0.119. The summed E-state index contributed by atoms with van der Waals surface area (Å²) >= 11 is 0. The quantitative estimate of drug-likeness (QED) is 0.634. The maximum atomic E-state index is 11.8. The zero-order valence-corrected chi connectivity index (χ0v) is 16.1. The van der Waals surface area contributed by atoms with Crippen molar-refractivity contribution < 1.29 is 24.9 Å². The van der Waals surface area contributed by atoms with E-state index in [9.17, 15) is 20.1 Å². The van der Waals surface area contributed by atoms with Gasteiger partial charge in [0.15, 0.2) is 0 Å². The lowest BCUT2D eigenvalue weighted by Crippen LogP contribution is -2.44. The maximum Gasteiger partial charge on any atom is 0.226 e. The summed E-state index contributed by atoms with van der Waals surface area (Å²) in [4.78, 5) is 11.8. The summed E-state index contributed by atoms with van der Waals surface area (Å²) in [7, 11) is 0. The molecule has 2 aromatic carbocycles. The number of amides is 1. The Balaban J connectivity index is 1.80. The molecule has 0 radical (unpaired) electrons. The molecule has 0 aromatic heterocycles. The van der Waals surface area contributed by atoms with Crippen molar-refractivity contribution in [3.05, 3.63) is 54.1 Å². The summed E-state index contributed by atoms with van der Waals surface area (Å²) < 4.78 is 5.77. The van der Waals surface area contributed by atoms with Gasteiger partial charge in [-0.2, -0.15) is 0 Å². The molecule has 150 valence electrons. The smallest absolute Gasteiger partial charge is 0.226 e. The van der Waals surface area contributed by atoms with E-state index in [0.717, 1.165) is 22.4 Å². The highest BCUT2D eigenvalue weighted by atomic mass is 16.5. The molecule has 6 heteroatoms. The number of rotatable bonds is 5. The summed E-state index contributed by atoms with van der Waals surface area (Å²) in [5.41, 5.74) is 3.35. The number of carbonyl (C=O) groups excluding carboxylic acids is 1. The number of benzene rings is 2. The number of ether oxygens (including phenoxy) is 1. The van der Waals surface area contributed by atoms with Crippen molar-refractivity contribution in [2.45, 2.75) is 44.7 Å². The number of nitrogens with one attached hydrogen (secondary N) is 1. The first kappa shape index (κ1) is 20.5. The molecule has 6 nitrogen and oxygen atoms in total. The van der Waals surface area contributed by atoms with E-state index in [1.807, 2.05) is 62.4 Å². The molecule has 1 heterocycles. The van der Waals surface area contributed by atoms with Gasteiger partial charge in [-0.3, -0.25) is 4.79 Å². The molecule has 0 aliphatic carbocycles. The van der Waals surface area contributed by atoms with Crippen LogP contribution in [0.4, 0.5) is 5.69 Å². The van der Waals surface area contributed by atoms with Crippen LogP contribution < -0.4 is 5.32 Å². The third kappa shape index (κ3) is 4.59. The van der Waals surface area contributed by atoms with Crippen molar-refractivity contribution in [2.24, 2.45) is 5.92 Å². The normalized spacial score (nSPS) is 24.9. The van der Waals surface area contributed by atoms with Crippen LogP contribution in [0.3, 0.4) is 0 Å². The van der Waals surface area contributed by atoms with E-state index in [4.69, 9.17) is 4.74 Å². The molecule has 4 atom stereocenters. The van der Waals surface area contributed by atoms with Crippen LogP contribution in [0.2, 0.25) is 0 Å². The fourth-order valence-electron chi connectivity index (χ4n) is 3.28. The largest absolute Gasteiger partial charge is 0.394 e. The Morgan fingerprint density at radius 2 is 1.86 bits per heavy atom. The zero-order valence-electron chi connectivity index (χ0n) is 16.1. The van der Waals surface area contributed by atoms with E-state index in [-0.39, 0.29) is 24.9 Å². The minimum absolute atomic E-state index is 0.0322. The Hall–Kier alpha value is -2.25. The average Bonchev–Trinajstić information content (AvgIpc) is 2.70. The second-order valence-electron chi connectivity index (χ2n) is 7.50. The van der Waals surface area contributed by atoms with Crippen molar-refractivity contribution in [3.63, 3.8) is 0 Å². The third-order valence-electron chi connectivity index (χ3n) is 4.98. The first-order valence-electron chi connectivity index (χ1n) is 9.52. The van der Waals surface area contributed by atoms with E-state index in [1.165, 1.54) is 0 Å². The summed E-state index contributed by atoms with van der Waals surface area (Å²) in [6.07, 6.45) is -2.99. The van der Waals surface area contributed by atoms with Gasteiger partial charge >= 0.3 is 0 Å². The first-order chi connectivity index (χ1) is 13.4. The molecule has 28 heavy (non-hydrogen) atoms. The van der Waals surface area contributed by atoms with Gasteiger partial charge in [0.05, 0.1) is 18.8 Å². The standard InChI is InChI=1S/C22H27NO5/c1-13(2)22(27)23-17-8-6-14(7-9-17)15-4-3-5-16(10-15)21-20(26)19(25)11-18(12-24)28-21/h3-10,13,18-21,24-26H,11-12H2,1-2H3,(H,23,27). The number of hydrogen-bond donors (Lipinski definition) is 4. The highest BCUT2D eigenvalue weighted by Gasteiger charge is 2.37. The fraction of sp³-hybridized carbons (Fsp3) is 0.409. The van der Waals surface area contributed by atoms with Crippen LogP contribution in [-0.4, -0.2) is 46.1 Å². The van der Waals surface area contributed by atoms with Gasteiger partial charge in [0.1, 0.15) is 12.2 Å². The molecular weight excluding hydrogens is 358 g/mol. The predicted octanol–water partition coefficient (Wildman–Crippen LogP) is 2.49. The Bertz CT molecular complexity index is 805. The van der Waals surface area contributed by atoms with Crippen molar-refractivity contribution in [1.82, 2.24) is 0 Å². The van der Waals surface area contributed by atoms with E-state index >= 15 is 0 Å². The van der Waals surface area contributed by atoms with Crippen LogP contribution >= 0.6 is 0 Å². The second-order valence-corrected chi connectivity index (χ2v) is 7.50. The molecule has 4 N–H and O–H groups in total. The highest BCUT2D eigenvalue weighted by molar-refractivity contribution is 5.92. The number of anilines is 1. The second kappa shape index (κ2) is 8.84. The Labute approximate surface area is 164 Å². The third-order valence-corrected chi connectivity index (χ3v) is 4.98. The lowest BCUT2D eigenvalue weighted by Gasteiger charge is -2.37. The predicted molar refractivity (Wildman–Crippen MR) is 107 cm³/mol. The maximum absolute atomic E-state index is 11.8. The van der Waals surface area contributed by atoms with Crippen molar-refractivity contribution in [3.8, 4) is 11.1 Å². The van der Waals surface area contributed by atoms with Gasteiger partial charge in [0, 0.05) is 18.0 Å². The van der Waals surface area contributed by atoms with Gasteiger partial charge in [0.2, 0.25) is 5.91 Å². The van der Waals surface area contributed by atoms with E-state index in [0.29, 0.717) is 0 Å². The van der Waals surface area contributed by atoms with Crippen LogP contribution in [0.5, 0.6) is 0 Å². The van der Waals surface area contributed by atoms with Crippen molar-refractivity contribution in [1.29, 1.82) is 0 Å². The molecule has 4 unspecified atom stereocenters. The van der Waals surface area contributed by atoms with Gasteiger partial charge in [-0.1, -0.05) is 44.2 Å². The van der Waals surface area contributed by atoms with Crippen LogP contribution in [-0.2, 0) is 9.53 Å². The Morgan fingerprint density at radius 1 is 1.14 bits per heavy atom. The van der Waals surface area contributed by atoms with Gasteiger partial charge in [-0.15, -0.1) is 0 Å². The van der Waals surface area contributed by atoms with Crippen molar-refractivity contribution in [2.75, 3.05) is 11.9 Å². The number of aliphatic hydroxyl groups excluding tert-OH is 3. The number of aliphatic hydroxyl groups is 3. The zero-order chi connectivity index (χ0) is 20.3. The monoisotopic (exact) mass is 385 g/mol. The van der Waals surface area contributed by atoms with E-state index < -0.39 is 24.4 Å². The molecule has 1 aliphatic rings. The molecule has 1 fully saturated rings. The van der Waals surface area contributed by atoms with Crippen molar-refractivity contribution >= 4 is 11.6 Å². The summed E-state index contributed by atoms with van der Waals surface area (Å²) in [6.45, 7) is 3.48. The topological polar surface area (TPSA) is 99.0 Å². The minimum Gasteiger partial charge on any atom is -0.394 e. The lowest BCUT2D eigenvalue weighted by atomic mass is 9.91. The molecule has 0 bridgehead atoms. The average molecular weight is 385 g/mol. The molecule has 0 spiro atoms. The SMILES string of the molecule is CC(C)C(=O)Nc1ccc(-c2cccc(C3OC(CO)CC(O)C3O)c2)cc1. The van der Waals surface area contributed by atoms with Gasteiger partial charge in [-0.25, -0.2) is 0 Å². The van der Waals surface area contributed by atoms with Gasteiger partial charge in [0.25, 0.3) is 0 Å². The number of carbonyl (C=O) groups is 1. The van der Waals surface area contributed by atoms with E-state index in [2.05, 4.69) is 5.32 Å². The Kier molecular flexibility index (Phi) is 6.46. The molecule has 1 amide bonds. The van der Waals surface area contributed by atoms with Crippen LogP contribution in [0.25, 0.3) is 11.1 Å². The highest BCUT2D eigenvalue weighted by Crippen LogP contribution is 2.34. The first-order valence-corrected chi connectivity index (χ1v) is 9.52. The van der Waals surface area contributed by atoms with Gasteiger partial charge in [-0.05, 0) is 34.9 Å². The number of hydrogen-bond acceptors (Lipinski definition) is 5. The van der Waals surface area contributed by atoms with Crippen LogP contribution in [0.1, 0.15) is 31.9 Å². The molecular formula is C22H27NO5. The molecule has 1 saturated heterocycles. The summed E-state index contributed by atoms with van der Waals surface area (Å²) in [5, 5.41) is 32.6. The summed E-state index contributed by atoms with van der Waals surface area (Å²) in [6, 6.07) is 15.1. The molecule has 2 aromatic rings. The Morgan fingerprint density at radius 3 is 2.50 bits per heavy atom. The van der Waals surface area contributed by atoms with Crippen LogP contribution in [0, 0.1) is 5.92 Å². The fourth-order valence-corrected chi connectivity index (χ4v) is 3.28. The van der Waals surface area contributed by atoms with E-state index in [1.54, 1.807) is 0 Å². The van der Waals surface area contributed by atoms with Crippen LogP contribution in [0.15, 0.2) is 48.5 Å². The lowest BCUT2D eigenvalue weighted by molar-refractivity contribution is -0.179.